The second-order valence-corrected chi connectivity index (χ2v) is 4.72. The van der Waals surface area contributed by atoms with Gasteiger partial charge in [-0.2, -0.15) is 0 Å². The van der Waals surface area contributed by atoms with Crippen LogP contribution in [0.5, 0.6) is 0 Å². The van der Waals surface area contributed by atoms with E-state index < -0.39 is 10.0 Å². The van der Waals surface area contributed by atoms with Gasteiger partial charge in [0.2, 0.25) is 10.0 Å². The minimum absolute atomic E-state index is 0.129. The first-order valence-electron chi connectivity index (χ1n) is 3.96. The molecule has 0 bridgehead atoms. The van der Waals surface area contributed by atoms with Crippen LogP contribution in [0.15, 0.2) is 0 Å². The Balaban J connectivity index is 2.23. The number of urea groups is 1. The monoisotopic (exact) mass is 207 g/mol. The highest BCUT2D eigenvalue weighted by atomic mass is 32.2. The average molecular weight is 207 g/mol. The third-order valence-electron chi connectivity index (χ3n) is 1.69. The van der Waals surface area contributed by atoms with Crippen molar-refractivity contribution in [2.75, 3.05) is 32.4 Å². The summed E-state index contributed by atoms with van der Waals surface area (Å²) in [5, 5.41) is 2.63. The molecular weight excluding hydrogens is 194 g/mol. The molecule has 1 saturated heterocycles. The molecule has 1 rings (SSSR count). The van der Waals surface area contributed by atoms with E-state index in [9.17, 15) is 13.2 Å². The van der Waals surface area contributed by atoms with E-state index in [0.717, 1.165) is 6.26 Å². The SMILES string of the molecule is CS(=O)(=O)NCCN1CCNC1=O. The van der Waals surface area contributed by atoms with Crippen molar-refractivity contribution in [2.45, 2.75) is 0 Å². The fourth-order valence-corrected chi connectivity index (χ4v) is 1.55. The minimum atomic E-state index is -3.14. The number of carbonyl (C=O) groups excluding carboxylic acids is 1. The quantitative estimate of drug-likeness (QED) is 0.592. The summed E-state index contributed by atoms with van der Waals surface area (Å²) in [4.78, 5) is 12.5. The Kier molecular flexibility index (Phi) is 3.10. The normalized spacial score (nSPS) is 17.6. The summed E-state index contributed by atoms with van der Waals surface area (Å²) in [6.07, 6.45) is 1.09. The number of nitrogens with zero attached hydrogens (tertiary/aromatic N) is 1. The molecule has 1 aliphatic rings. The van der Waals surface area contributed by atoms with Gasteiger partial charge in [0.15, 0.2) is 0 Å². The number of rotatable bonds is 4. The van der Waals surface area contributed by atoms with Gasteiger partial charge in [-0.1, -0.05) is 0 Å². The highest BCUT2D eigenvalue weighted by Crippen LogP contribution is 1.94. The topological polar surface area (TPSA) is 78.5 Å². The molecule has 0 atom stereocenters. The number of nitrogens with one attached hydrogen (secondary N) is 2. The van der Waals surface area contributed by atoms with E-state index in [-0.39, 0.29) is 12.6 Å². The zero-order valence-corrected chi connectivity index (χ0v) is 8.23. The van der Waals surface area contributed by atoms with Gasteiger partial charge >= 0.3 is 6.03 Å². The summed E-state index contributed by atoms with van der Waals surface area (Å²) in [6.45, 7) is 1.97. The molecule has 0 aromatic carbocycles. The summed E-state index contributed by atoms with van der Waals surface area (Å²) in [7, 11) is -3.14. The Morgan fingerprint density at radius 3 is 2.77 bits per heavy atom. The van der Waals surface area contributed by atoms with Crippen molar-refractivity contribution >= 4 is 16.1 Å². The van der Waals surface area contributed by atoms with Crippen molar-refractivity contribution in [1.29, 1.82) is 0 Å². The Morgan fingerprint density at radius 2 is 2.31 bits per heavy atom. The molecule has 0 unspecified atom stereocenters. The number of carbonyl (C=O) groups is 1. The molecule has 2 amide bonds. The van der Waals surface area contributed by atoms with E-state index in [1.165, 1.54) is 0 Å². The van der Waals surface area contributed by atoms with Gasteiger partial charge in [-0.25, -0.2) is 17.9 Å². The fourth-order valence-electron chi connectivity index (χ4n) is 1.09. The van der Waals surface area contributed by atoms with E-state index in [4.69, 9.17) is 0 Å². The van der Waals surface area contributed by atoms with E-state index in [2.05, 4.69) is 10.0 Å². The molecule has 1 aliphatic heterocycles. The largest absolute Gasteiger partial charge is 0.336 e. The molecular formula is C6H13N3O3S. The predicted molar refractivity (Wildman–Crippen MR) is 47.8 cm³/mol. The van der Waals surface area contributed by atoms with Gasteiger partial charge in [-0.3, -0.25) is 0 Å². The zero-order chi connectivity index (χ0) is 9.90. The van der Waals surface area contributed by atoms with E-state index in [0.29, 0.717) is 19.6 Å². The summed E-state index contributed by atoms with van der Waals surface area (Å²) < 4.78 is 23.6. The molecule has 0 aromatic heterocycles. The molecule has 0 radical (unpaired) electrons. The van der Waals surface area contributed by atoms with E-state index >= 15 is 0 Å². The van der Waals surface area contributed by atoms with Crippen LogP contribution < -0.4 is 10.0 Å². The Morgan fingerprint density at radius 1 is 1.62 bits per heavy atom. The van der Waals surface area contributed by atoms with Gasteiger partial charge in [-0.15, -0.1) is 0 Å². The second-order valence-electron chi connectivity index (χ2n) is 2.89. The molecule has 1 fully saturated rings. The van der Waals surface area contributed by atoms with Gasteiger partial charge in [0.25, 0.3) is 0 Å². The van der Waals surface area contributed by atoms with Crippen molar-refractivity contribution < 1.29 is 13.2 Å². The first kappa shape index (κ1) is 10.3. The van der Waals surface area contributed by atoms with Gasteiger partial charge in [-0.05, 0) is 0 Å². The highest BCUT2D eigenvalue weighted by Gasteiger charge is 2.18. The summed E-state index contributed by atoms with van der Waals surface area (Å²) in [5.41, 5.74) is 0. The van der Waals surface area contributed by atoms with Crippen LogP contribution in [0.2, 0.25) is 0 Å². The van der Waals surface area contributed by atoms with Crippen molar-refractivity contribution in [3.63, 3.8) is 0 Å². The van der Waals surface area contributed by atoms with Crippen molar-refractivity contribution in [1.82, 2.24) is 14.9 Å². The predicted octanol–water partition coefficient (Wildman–Crippen LogP) is -1.44. The summed E-state index contributed by atoms with van der Waals surface area (Å²) in [6, 6.07) is -0.129. The number of hydrogen-bond donors (Lipinski definition) is 2. The Labute approximate surface area is 77.3 Å². The van der Waals surface area contributed by atoms with Crippen LogP contribution in [0.1, 0.15) is 0 Å². The third kappa shape index (κ3) is 3.60. The first-order valence-corrected chi connectivity index (χ1v) is 5.85. The van der Waals surface area contributed by atoms with E-state index in [1.807, 2.05) is 0 Å². The lowest BCUT2D eigenvalue weighted by Crippen LogP contribution is -2.36. The zero-order valence-electron chi connectivity index (χ0n) is 7.41. The third-order valence-corrected chi connectivity index (χ3v) is 2.42. The lowest BCUT2D eigenvalue weighted by atomic mass is 10.5. The molecule has 0 spiro atoms. The molecule has 0 aliphatic carbocycles. The Bertz CT molecular complexity index is 287. The minimum Gasteiger partial charge on any atom is -0.336 e. The van der Waals surface area contributed by atoms with Crippen LogP contribution in [0.4, 0.5) is 4.79 Å². The molecule has 7 heteroatoms. The van der Waals surface area contributed by atoms with Crippen LogP contribution >= 0.6 is 0 Å². The van der Waals surface area contributed by atoms with Crippen LogP contribution in [0.3, 0.4) is 0 Å². The van der Waals surface area contributed by atoms with Crippen LogP contribution in [-0.4, -0.2) is 51.8 Å². The smallest absolute Gasteiger partial charge is 0.317 e. The standard InChI is InChI=1S/C6H13N3O3S/c1-13(11,12)8-3-5-9-4-2-7-6(9)10/h8H,2-5H2,1H3,(H,7,10). The molecule has 76 valence electrons. The van der Waals surface area contributed by atoms with Crippen LogP contribution in [-0.2, 0) is 10.0 Å². The van der Waals surface area contributed by atoms with Crippen LogP contribution in [0.25, 0.3) is 0 Å². The van der Waals surface area contributed by atoms with Gasteiger partial charge in [0, 0.05) is 26.2 Å². The maximum atomic E-state index is 11.0. The average Bonchev–Trinajstić information content (AvgIpc) is 2.34. The molecule has 6 nitrogen and oxygen atoms in total. The molecule has 0 aromatic rings. The maximum absolute atomic E-state index is 11.0. The highest BCUT2D eigenvalue weighted by molar-refractivity contribution is 7.88. The molecule has 0 saturated carbocycles. The number of sulfonamides is 1. The fraction of sp³-hybridized carbons (Fsp3) is 0.833. The Hall–Kier alpha value is -0.820. The number of hydrogen-bond acceptors (Lipinski definition) is 3. The first-order chi connectivity index (χ1) is 5.99. The lowest BCUT2D eigenvalue weighted by molar-refractivity contribution is 0.218. The second kappa shape index (κ2) is 3.93. The molecule has 2 N–H and O–H groups in total. The summed E-state index contributed by atoms with van der Waals surface area (Å²) >= 11 is 0. The maximum Gasteiger partial charge on any atom is 0.317 e. The van der Waals surface area contributed by atoms with Gasteiger partial charge < -0.3 is 10.2 Å². The van der Waals surface area contributed by atoms with Crippen molar-refractivity contribution in [3.05, 3.63) is 0 Å². The van der Waals surface area contributed by atoms with Crippen molar-refractivity contribution in [3.8, 4) is 0 Å². The molecule has 1 heterocycles. The summed E-state index contributed by atoms with van der Waals surface area (Å²) in [5.74, 6) is 0. The van der Waals surface area contributed by atoms with Crippen molar-refractivity contribution in [2.24, 2.45) is 0 Å². The van der Waals surface area contributed by atoms with Crippen LogP contribution in [0, 0.1) is 0 Å². The molecule has 13 heavy (non-hydrogen) atoms. The van der Waals surface area contributed by atoms with Gasteiger partial charge in [0.1, 0.15) is 0 Å². The van der Waals surface area contributed by atoms with E-state index in [1.54, 1.807) is 4.90 Å². The van der Waals surface area contributed by atoms with Gasteiger partial charge in [0.05, 0.1) is 6.26 Å². The number of amides is 2. The lowest BCUT2D eigenvalue weighted by Gasteiger charge is -2.13.